The summed E-state index contributed by atoms with van der Waals surface area (Å²) in [5.74, 6) is -4.08. The molecule has 18 nitrogen and oxygen atoms in total. The monoisotopic (exact) mass is 832 g/mol. The highest BCUT2D eigenvalue weighted by atomic mass is 32.2. The number of sulfone groups is 1. The van der Waals surface area contributed by atoms with Crippen LogP contribution in [0.2, 0.25) is 0 Å². The fourth-order valence-electron chi connectivity index (χ4n) is 6.15. The molecule has 1 aliphatic carbocycles. The number of carboxylic acids is 1. The molecule has 1 aliphatic rings. The van der Waals surface area contributed by atoms with Crippen molar-refractivity contribution >= 4 is 80.0 Å². The van der Waals surface area contributed by atoms with Crippen LogP contribution in [0.25, 0.3) is 22.0 Å². The molecule has 286 valence electrons. The SMILES string of the molecule is O=C(O)CCCS(=O)(=O)c1ccc(S(=O)(=O)O)c(Nc2cc(S(=O)(=O)O)c3[nH]c(=O)c(C(=O)c4cccc(S(=O)(=O)O)c4)c4c3c2C(=O)c2ccccc2-4)c1. The first-order chi connectivity index (χ1) is 25.5. The van der Waals surface area contributed by atoms with Crippen molar-refractivity contribution in [3.63, 3.8) is 0 Å². The Kier molecular flexibility index (Phi) is 9.66. The maximum absolute atomic E-state index is 14.3. The van der Waals surface area contributed by atoms with Gasteiger partial charge < -0.3 is 15.4 Å². The van der Waals surface area contributed by atoms with Gasteiger partial charge in [-0.1, -0.05) is 36.4 Å². The van der Waals surface area contributed by atoms with Crippen LogP contribution in [0, 0.1) is 0 Å². The number of aliphatic carboxylic acids is 1. The van der Waals surface area contributed by atoms with Crippen molar-refractivity contribution in [1.82, 2.24) is 4.98 Å². The fourth-order valence-corrected chi connectivity index (χ4v) is 9.31. The van der Waals surface area contributed by atoms with Gasteiger partial charge in [0.25, 0.3) is 35.9 Å². The summed E-state index contributed by atoms with van der Waals surface area (Å²) in [5, 5.41) is 10.9. The average molecular weight is 833 g/mol. The number of aromatic nitrogens is 1. The molecule has 0 bridgehead atoms. The highest BCUT2D eigenvalue weighted by molar-refractivity contribution is 7.91. The normalized spacial score (nSPS) is 13.0. The van der Waals surface area contributed by atoms with Crippen molar-refractivity contribution in [2.75, 3.05) is 11.1 Å². The quantitative estimate of drug-likeness (QED) is 0.0762. The Morgan fingerprint density at radius 2 is 1.33 bits per heavy atom. The number of anilines is 2. The van der Waals surface area contributed by atoms with Crippen LogP contribution < -0.4 is 10.9 Å². The summed E-state index contributed by atoms with van der Waals surface area (Å²) in [6.07, 6.45) is -0.875. The number of fused-ring (bicyclic) bond motifs is 2. The molecule has 22 heteroatoms. The highest BCUT2D eigenvalue weighted by Gasteiger charge is 2.36. The predicted octanol–water partition coefficient (Wildman–Crippen LogP) is 3.09. The van der Waals surface area contributed by atoms with Crippen LogP contribution in [0.5, 0.6) is 0 Å². The van der Waals surface area contributed by atoms with Gasteiger partial charge in [0.15, 0.2) is 21.4 Å². The van der Waals surface area contributed by atoms with Crippen LogP contribution >= 0.6 is 0 Å². The molecule has 0 fully saturated rings. The molecule has 0 atom stereocenters. The van der Waals surface area contributed by atoms with E-state index in [1.807, 2.05) is 0 Å². The molecule has 0 unspecified atom stereocenters. The molecule has 1 aromatic heterocycles. The number of benzene rings is 4. The summed E-state index contributed by atoms with van der Waals surface area (Å²) in [6, 6.07) is 12.1. The van der Waals surface area contributed by atoms with Crippen LogP contribution in [0.4, 0.5) is 11.4 Å². The summed E-state index contributed by atoms with van der Waals surface area (Å²) in [5.41, 5.74) is -5.75. The molecule has 6 N–H and O–H groups in total. The van der Waals surface area contributed by atoms with Crippen LogP contribution in [-0.4, -0.2) is 80.7 Å². The maximum Gasteiger partial charge on any atom is 0.303 e. The summed E-state index contributed by atoms with van der Waals surface area (Å²) in [6.45, 7) is 0. The number of hydrogen-bond donors (Lipinski definition) is 6. The number of carbonyl (C=O) groups is 3. The Bertz CT molecular complexity index is 3060. The molecule has 55 heavy (non-hydrogen) atoms. The summed E-state index contributed by atoms with van der Waals surface area (Å²) in [7, 11) is -19.8. The Morgan fingerprint density at radius 1 is 0.673 bits per heavy atom. The number of ketones is 2. The van der Waals surface area contributed by atoms with E-state index in [2.05, 4.69) is 10.3 Å². The minimum absolute atomic E-state index is 0.100. The summed E-state index contributed by atoms with van der Waals surface area (Å²) >= 11 is 0. The van der Waals surface area contributed by atoms with Gasteiger partial charge in [0.2, 0.25) is 0 Å². The minimum atomic E-state index is -5.38. The zero-order valence-electron chi connectivity index (χ0n) is 27.4. The summed E-state index contributed by atoms with van der Waals surface area (Å²) < 4.78 is 131. The zero-order valence-corrected chi connectivity index (χ0v) is 30.6. The second kappa shape index (κ2) is 13.6. The predicted molar refractivity (Wildman–Crippen MR) is 191 cm³/mol. The smallest absolute Gasteiger partial charge is 0.303 e. The standard InChI is InChI=1S/C33H24N2O16S4/c36-25(37)9-4-12-52(41,42)17-10-11-23(54(46,47)48)21(14-17)34-22-15-24(55(49,50)51)30-28-26(19-7-1-2-8-20(19)32(39)27(22)28)29(33(40)35-30)31(38)16-5-3-6-18(13-16)53(43,44)45/h1-3,5-8,10-11,13-15,34H,4,9,12H2,(H,35,40)(H,36,37)(H,43,44,45)(H,46,47,48)(H,49,50,51). The van der Waals surface area contributed by atoms with E-state index >= 15 is 0 Å². The third-order valence-electron chi connectivity index (χ3n) is 8.49. The molecule has 0 radical (unpaired) electrons. The van der Waals surface area contributed by atoms with Gasteiger partial charge in [-0.25, -0.2) is 8.42 Å². The van der Waals surface area contributed by atoms with Crippen LogP contribution in [0.1, 0.15) is 44.7 Å². The van der Waals surface area contributed by atoms with Crippen molar-refractivity contribution in [3.05, 3.63) is 105 Å². The van der Waals surface area contributed by atoms with Gasteiger partial charge in [-0.2, -0.15) is 25.3 Å². The first kappa shape index (κ1) is 39.1. The molecule has 0 saturated carbocycles. The van der Waals surface area contributed by atoms with E-state index in [-0.39, 0.29) is 23.1 Å². The van der Waals surface area contributed by atoms with E-state index in [0.29, 0.717) is 12.1 Å². The molecule has 0 spiro atoms. The number of nitrogens with one attached hydrogen (secondary N) is 2. The number of rotatable bonds is 12. The van der Waals surface area contributed by atoms with E-state index in [0.717, 1.165) is 36.4 Å². The molecule has 5 aromatic rings. The second-order valence-corrected chi connectivity index (χ2v) is 18.3. The lowest BCUT2D eigenvalue weighted by Crippen LogP contribution is -2.25. The van der Waals surface area contributed by atoms with Gasteiger partial charge >= 0.3 is 5.97 Å². The molecule has 6 rings (SSSR count). The maximum atomic E-state index is 14.3. The zero-order chi connectivity index (χ0) is 40.4. The third-order valence-corrected chi connectivity index (χ3v) is 12.9. The lowest BCUT2D eigenvalue weighted by molar-refractivity contribution is -0.137. The van der Waals surface area contributed by atoms with E-state index < -0.39 is 134 Å². The van der Waals surface area contributed by atoms with Crippen molar-refractivity contribution in [2.45, 2.75) is 32.4 Å². The van der Waals surface area contributed by atoms with Crippen molar-refractivity contribution < 1.29 is 66.8 Å². The Morgan fingerprint density at radius 3 is 1.95 bits per heavy atom. The van der Waals surface area contributed by atoms with E-state index in [9.17, 15) is 66.5 Å². The van der Waals surface area contributed by atoms with Crippen molar-refractivity contribution in [1.29, 1.82) is 0 Å². The van der Waals surface area contributed by atoms with Gasteiger partial charge in [0, 0.05) is 28.5 Å². The molecule has 0 aliphatic heterocycles. The highest BCUT2D eigenvalue weighted by Crippen LogP contribution is 2.46. The molecule has 4 aromatic carbocycles. The molecule has 0 saturated heterocycles. The van der Waals surface area contributed by atoms with E-state index in [4.69, 9.17) is 5.11 Å². The van der Waals surface area contributed by atoms with E-state index in [1.54, 1.807) is 0 Å². The largest absolute Gasteiger partial charge is 0.481 e. The third kappa shape index (κ3) is 7.30. The summed E-state index contributed by atoms with van der Waals surface area (Å²) in [4.78, 5) is 52.0. The first-order valence-corrected chi connectivity index (χ1v) is 21.3. The Hall–Kier alpha value is -5.62. The number of pyridine rings is 1. The average Bonchev–Trinajstić information content (AvgIpc) is 3.08. The van der Waals surface area contributed by atoms with Gasteiger partial charge in [-0.3, -0.25) is 32.8 Å². The van der Waals surface area contributed by atoms with Crippen LogP contribution in [0.15, 0.2) is 97.2 Å². The lowest BCUT2D eigenvalue weighted by Gasteiger charge is -2.25. The van der Waals surface area contributed by atoms with Gasteiger partial charge in [-0.05, 0) is 48.4 Å². The number of H-pyrrole nitrogens is 1. The molecule has 1 heterocycles. The van der Waals surface area contributed by atoms with Gasteiger partial charge in [0.1, 0.15) is 9.79 Å². The van der Waals surface area contributed by atoms with Crippen molar-refractivity contribution in [2.24, 2.45) is 0 Å². The van der Waals surface area contributed by atoms with Crippen LogP contribution in [-0.2, 0) is 45.0 Å². The lowest BCUT2D eigenvalue weighted by atomic mass is 9.80. The molecule has 0 amide bonds. The second-order valence-electron chi connectivity index (χ2n) is 12.0. The number of hydrogen-bond acceptors (Lipinski definition) is 13. The van der Waals surface area contributed by atoms with Crippen LogP contribution in [0.3, 0.4) is 0 Å². The van der Waals surface area contributed by atoms with E-state index in [1.165, 1.54) is 24.3 Å². The minimum Gasteiger partial charge on any atom is -0.481 e. The molecular weight excluding hydrogens is 809 g/mol. The Labute approximate surface area is 310 Å². The Balaban J connectivity index is 1.70. The number of aromatic amines is 1. The molecular formula is C33H24N2O16S4. The first-order valence-electron chi connectivity index (χ1n) is 15.3. The van der Waals surface area contributed by atoms with Gasteiger partial charge in [-0.15, -0.1) is 0 Å². The number of carboxylic acid groups (broad SMARTS) is 1. The topological polar surface area (TPSA) is 314 Å². The van der Waals surface area contributed by atoms with Crippen molar-refractivity contribution in [3.8, 4) is 11.1 Å². The number of carbonyl (C=O) groups excluding carboxylic acids is 2. The fraction of sp³-hybridized carbons (Fsp3) is 0.0909. The van der Waals surface area contributed by atoms with Gasteiger partial charge in [0.05, 0.1) is 43.6 Å².